The number of halogens is 1. The van der Waals surface area contributed by atoms with Crippen molar-refractivity contribution < 1.29 is 25.3 Å². The van der Waals surface area contributed by atoms with Gasteiger partial charge in [-0.3, -0.25) is 19.6 Å². The highest BCUT2D eigenvalue weighted by molar-refractivity contribution is 9.10. The predicted octanol–water partition coefficient (Wildman–Crippen LogP) is -0.785. The van der Waals surface area contributed by atoms with Crippen LogP contribution in [-0.4, -0.2) is 71.2 Å². The van der Waals surface area contributed by atoms with Crippen molar-refractivity contribution in [3.63, 3.8) is 0 Å². The van der Waals surface area contributed by atoms with E-state index in [1.807, 2.05) is 0 Å². The quantitative estimate of drug-likeness (QED) is 0.155. The zero-order valence-electron chi connectivity index (χ0n) is 16.5. The van der Waals surface area contributed by atoms with Gasteiger partial charge >= 0.3 is 0 Å². The van der Waals surface area contributed by atoms with Crippen LogP contribution in [0.5, 0.6) is 0 Å². The molecule has 8 N–H and O–H groups in total. The molecule has 1 aromatic carbocycles. The van der Waals surface area contributed by atoms with Crippen molar-refractivity contribution in [2.24, 2.45) is 5.10 Å². The van der Waals surface area contributed by atoms with Gasteiger partial charge in [0, 0.05) is 4.47 Å². The standard InChI is InChI=1S/C17H18BrN8O7/c18-7-2-1-6(3-8(7)26(31)32)4-20-24-17-21-10-13(22-16(19)23-14(10)30)25(17)15-12(29)11(28)9(5-27)33-15/h1-4,9,11-12,15,27-29,31H,5H2,(H,21,24)(H3,19,22,23,30)/q-1/b20-4-/t9-,11+,12+,15-/m0/s1. The Balaban J connectivity index is 1.73. The second-order valence-electron chi connectivity index (χ2n) is 7.01. The van der Waals surface area contributed by atoms with Crippen LogP contribution in [0.3, 0.4) is 0 Å². The minimum Gasteiger partial charge on any atom is -0.733 e. The van der Waals surface area contributed by atoms with E-state index in [4.69, 9.17) is 15.7 Å². The van der Waals surface area contributed by atoms with Gasteiger partial charge in [-0.25, -0.2) is 10.4 Å². The summed E-state index contributed by atoms with van der Waals surface area (Å²) in [4.78, 5) is 22.8. The second kappa shape index (κ2) is 9.02. The molecule has 15 nitrogen and oxygen atoms in total. The summed E-state index contributed by atoms with van der Waals surface area (Å²) >= 11 is 3.14. The molecular formula is C17H18BrN8O7-. The first kappa shape index (κ1) is 23.1. The molecule has 0 unspecified atom stereocenters. The summed E-state index contributed by atoms with van der Waals surface area (Å²) in [5, 5.41) is 54.1. The van der Waals surface area contributed by atoms with Crippen molar-refractivity contribution in [1.82, 2.24) is 19.5 Å². The molecule has 1 aliphatic rings. The van der Waals surface area contributed by atoms with Gasteiger partial charge in [-0.1, -0.05) is 6.07 Å². The third-order valence-electron chi connectivity index (χ3n) is 4.89. The molecule has 0 spiro atoms. The van der Waals surface area contributed by atoms with Crippen molar-refractivity contribution in [2.75, 3.05) is 23.0 Å². The van der Waals surface area contributed by atoms with Gasteiger partial charge in [-0.2, -0.15) is 10.1 Å². The molecule has 3 heterocycles. The lowest BCUT2D eigenvalue weighted by Crippen LogP contribution is -2.33. The largest absolute Gasteiger partial charge is 0.733 e. The fourth-order valence-corrected chi connectivity index (χ4v) is 3.73. The summed E-state index contributed by atoms with van der Waals surface area (Å²) in [5.41, 5.74) is 7.74. The lowest BCUT2D eigenvalue weighted by molar-refractivity contribution is -0.0501. The van der Waals surface area contributed by atoms with Gasteiger partial charge in [0.15, 0.2) is 17.4 Å². The van der Waals surface area contributed by atoms with Crippen molar-refractivity contribution in [1.29, 1.82) is 0 Å². The number of aliphatic hydroxyl groups excluding tert-OH is 3. The minimum atomic E-state index is -1.49. The maximum Gasteiger partial charge on any atom is 0.280 e. The number of aliphatic hydroxyl groups is 3. The Labute approximate surface area is 192 Å². The van der Waals surface area contributed by atoms with E-state index in [0.29, 0.717) is 10.0 Å². The van der Waals surface area contributed by atoms with Gasteiger partial charge in [0.2, 0.25) is 11.9 Å². The first-order valence-electron chi connectivity index (χ1n) is 9.36. The molecular weight excluding hydrogens is 508 g/mol. The van der Waals surface area contributed by atoms with Crippen LogP contribution in [0.1, 0.15) is 11.8 Å². The number of aromatic amines is 1. The van der Waals surface area contributed by atoms with Crippen LogP contribution < -0.4 is 21.9 Å². The summed E-state index contributed by atoms with van der Waals surface area (Å²) in [6, 6.07) is 4.48. The number of nitrogens with two attached hydrogens (primary N) is 1. The fourth-order valence-electron chi connectivity index (χ4n) is 3.34. The Hall–Kier alpha value is -3.12. The van der Waals surface area contributed by atoms with E-state index in [1.165, 1.54) is 22.9 Å². The summed E-state index contributed by atoms with van der Waals surface area (Å²) in [6.07, 6.45) is -3.98. The number of imidazole rings is 1. The zero-order valence-corrected chi connectivity index (χ0v) is 18.1. The molecule has 176 valence electrons. The molecule has 1 aliphatic heterocycles. The van der Waals surface area contributed by atoms with Crippen LogP contribution in [0.2, 0.25) is 0 Å². The van der Waals surface area contributed by atoms with Gasteiger partial charge in [0.25, 0.3) is 5.56 Å². The van der Waals surface area contributed by atoms with Gasteiger partial charge in [0.1, 0.15) is 18.3 Å². The number of nitrogens with one attached hydrogen (secondary N) is 2. The third kappa shape index (κ3) is 4.27. The van der Waals surface area contributed by atoms with E-state index < -0.39 is 36.7 Å². The highest BCUT2D eigenvalue weighted by Crippen LogP contribution is 2.34. The molecule has 0 radical (unpaired) electrons. The number of benzene rings is 1. The molecule has 3 aromatic rings. The Morgan fingerprint density at radius 3 is 2.82 bits per heavy atom. The number of H-pyrrole nitrogens is 1. The SMILES string of the molecule is Nc1nc2c(nc(N/N=C\c3ccc(Br)c(N([O-])O)c3)n2[C@H]2O[C@@H](CO)[C@@H](O)[C@H]2O)c(=O)[nH]1. The number of rotatable bonds is 6. The highest BCUT2D eigenvalue weighted by atomic mass is 79.9. The van der Waals surface area contributed by atoms with Crippen molar-refractivity contribution in [3.8, 4) is 0 Å². The number of nitrogen functional groups attached to an aromatic ring is 1. The predicted molar refractivity (Wildman–Crippen MR) is 119 cm³/mol. The maximum atomic E-state index is 12.3. The van der Waals surface area contributed by atoms with Crippen molar-refractivity contribution in [2.45, 2.75) is 24.5 Å². The maximum absolute atomic E-state index is 12.3. The number of aromatic nitrogens is 4. The monoisotopic (exact) mass is 525 g/mol. The lowest BCUT2D eigenvalue weighted by atomic mass is 10.1. The van der Waals surface area contributed by atoms with E-state index in [0.717, 1.165) is 0 Å². The normalized spacial score (nSPS) is 23.0. The molecule has 4 rings (SSSR count). The third-order valence-corrected chi connectivity index (χ3v) is 5.57. The second-order valence-corrected chi connectivity index (χ2v) is 7.87. The van der Waals surface area contributed by atoms with Crippen LogP contribution in [-0.2, 0) is 4.74 Å². The molecule has 2 aromatic heterocycles. The first-order valence-corrected chi connectivity index (χ1v) is 10.2. The van der Waals surface area contributed by atoms with E-state index in [1.54, 1.807) is 6.07 Å². The molecule has 0 bridgehead atoms. The molecule has 16 heteroatoms. The highest BCUT2D eigenvalue weighted by Gasteiger charge is 2.45. The van der Waals surface area contributed by atoms with Crippen LogP contribution in [0.25, 0.3) is 11.2 Å². The first-order chi connectivity index (χ1) is 15.7. The number of ether oxygens (including phenoxy) is 1. The van der Waals surface area contributed by atoms with Gasteiger partial charge in [0.05, 0.1) is 18.5 Å². The van der Waals surface area contributed by atoms with Crippen molar-refractivity contribution >= 4 is 50.9 Å². The van der Waals surface area contributed by atoms with Gasteiger partial charge in [-0.15, -0.1) is 0 Å². The topological polar surface area (TPSA) is 230 Å². The average molecular weight is 526 g/mol. The molecule has 1 saturated heterocycles. The van der Waals surface area contributed by atoms with Crippen LogP contribution in [0.4, 0.5) is 17.6 Å². The van der Waals surface area contributed by atoms with E-state index in [9.17, 15) is 25.3 Å². The smallest absolute Gasteiger partial charge is 0.280 e. The van der Waals surface area contributed by atoms with E-state index >= 15 is 0 Å². The Bertz CT molecular complexity index is 1260. The lowest BCUT2D eigenvalue weighted by Gasteiger charge is -2.23. The van der Waals surface area contributed by atoms with E-state index in [-0.39, 0.29) is 34.0 Å². The number of nitrogens with zero attached hydrogens (tertiary/aromatic N) is 5. The van der Waals surface area contributed by atoms with Crippen molar-refractivity contribution in [3.05, 3.63) is 43.8 Å². The van der Waals surface area contributed by atoms with Gasteiger partial charge < -0.3 is 36.2 Å². The van der Waals surface area contributed by atoms with Crippen LogP contribution in [0.15, 0.2) is 32.6 Å². The number of fused-ring (bicyclic) bond motifs is 1. The summed E-state index contributed by atoms with van der Waals surface area (Å²) < 4.78 is 7.09. The Kier molecular flexibility index (Phi) is 6.30. The molecule has 0 saturated carbocycles. The van der Waals surface area contributed by atoms with Crippen LogP contribution >= 0.6 is 15.9 Å². The zero-order chi connectivity index (χ0) is 23.9. The minimum absolute atomic E-state index is 0.0519. The summed E-state index contributed by atoms with van der Waals surface area (Å²) in [5.74, 6) is -0.311. The molecule has 4 atom stereocenters. The summed E-state index contributed by atoms with van der Waals surface area (Å²) in [6.45, 7) is -0.564. The number of hydrazone groups is 1. The Morgan fingerprint density at radius 2 is 2.15 bits per heavy atom. The molecule has 33 heavy (non-hydrogen) atoms. The van der Waals surface area contributed by atoms with Crippen LogP contribution in [0, 0.1) is 5.21 Å². The fraction of sp³-hybridized carbons (Fsp3) is 0.294. The number of anilines is 3. The molecule has 1 fully saturated rings. The molecule has 0 aliphatic carbocycles. The van der Waals surface area contributed by atoms with E-state index in [2.05, 4.69) is 41.4 Å². The number of hydrogen-bond donors (Lipinski definition) is 7. The molecule has 0 amide bonds. The summed E-state index contributed by atoms with van der Waals surface area (Å²) in [7, 11) is 0. The Morgan fingerprint density at radius 1 is 1.39 bits per heavy atom. The number of hydrogen-bond acceptors (Lipinski definition) is 13. The average Bonchev–Trinajstić information content (AvgIpc) is 3.26. The van der Waals surface area contributed by atoms with Gasteiger partial charge in [-0.05, 0) is 33.6 Å².